The van der Waals surface area contributed by atoms with Gasteiger partial charge >= 0.3 is 0 Å². The molecule has 1 aromatic rings. The van der Waals surface area contributed by atoms with E-state index < -0.39 is 0 Å². The molecule has 0 radical (unpaired) electrons. The molecule has 18 heavy (non-hydrogen) atoms. The maximum absolute atomic E-state index is 3.91. The molecule has 1 N–H and O–H groups in total. The Kier molecular flexibility index (Phi) is 5.47. The zero-order chi connectivity index (χ0) is 12.6. The van der Waals surface area contributed by atoms with Gasteiger partial charge in [0.25, 0.3) is 0 Å². The average Bonchev–Trinajstić information content (AvgIpc) is 2.45. The summed E-state index contributed by atoms with van der Waals surface area (Å²) in [6, 6.07) is 11.3. The van der Waals surface area contributed by atoms with Crippen LogP contribution >= 0.6 is 0 Å². The second-order valence-electron chi connectivity index (χ2n) is 5.40. The molecule has 0 saturated heterocycles. The molecule has 1 saturated carbocycles. The highest BCUT2D eigenvalue weighted by Crippen LogP contribution is 2.28. The highest BCUT2D eigenvalue weighted by atomic mass is 14.9. The first kappa shape index (κ1) is 13.4. The Morgan fingerprint density at radius 1 is 1.17 bits per heavy atom. The van der Waals surface area contributed by atoms with Gasteiger partial charge in [0.2, 0.25) is 0 Å². The quantitative estimate of drug-likeness (QED) is 0.734. The molecular weight excluding hydrogens is 218 g/mol. The van der Waals surface area contributed by atoms with E-state index in [1.807, 2.05) is 0 Å². The van der Waals surface area contributed by atoms with Crippen LogP contribution in [0.25, 0.3) is 0 Å². The van der Waals surface area contributed by atoms with Crippen molar-refractivity contribution in [2.75, 3.05) is 0 Å². The van der Waals surface area contributed by atoms with E-state index >= 15 is 0 Å². The predicted molar refractivity (Wildman–Crippen MR) is 78.5 cm³/mol. The Bertz CT molecular complexity index is 338. The first-order chi connectivity index (χ1) is 8.90. The van der Waals surface area contributed by atoms with E-state index in [4.69, 9.17) is 0 Å². The maximum Gasteiger partial charge on any atom is 0.0208 e. The van der Waals surface area contributed by atoms with Crippen molar-refractivity contribution in [3.05, 3.63) is 48.6 Å². The van der Waals surface area contributed by atoms with Gasteiger partial charge in [0.05, 0.1) is 0 Å². The summed E-state index contributed by atoms with van der Waals surface area (Å²) in [4.78, 5) is 0. The largest absolute Gasteiger partial charge is 0.309 e. The van der Waals surface area contributed by atoms with Gasteiger partial charge in [-0.3, -0.25) is 0 Å². The summed E-state index contributed by atoms with van der Waals surface area (Å²) in [6.45, 7) is 4.89. The van der Waals surface area contributed by atoms with E-state index in [0.717, 1.165) is 18.9 Å². The standard InChI is InChI=1S/C17H25N/c1-2-9-17(16-12-7-4-8-13-16)18-14-15-10-5-3-6-11-15/h2-3,5-6,10-11,16-18H,1,4,7-9,12-14H2/t17-/m0/s1. The van der Waals surface area contributed by atoms with Crippen LogP contribution in [0.5, 0.6) is 0 Å². The van der Waals surface area contributed by atoms with Crippen LogP contribution in [0.3, 0.4) is 0 Å². The van der Waals surface area contributed by atoms with Gasteiger partial charge < -0.3 is 5.32 Å². The van der Waals surface area contributed by atoms with Crippen molar-refractivity contribution in [3.8, 4) is 0 Å². The minimum atomic E-state index is 0.614. The van der Waals surface area contributed by atoms with Gasteiger partial charge in [-0.2, -0.15) is 0 Å². The van der Waals surface area contributed by atoms with Crippen molar-refractivity contribution in [1.82, 2.24) is 5.32 Å². The second kappa shape index (κ2) is 7.38. The van der Waals surface area contributed by atoms with Crippen LogP contribution in [0.4, 0.5) is 0 Å². The molecule has 1 heteroatoms. The molecule has 1 aliphatic carbocycles. The van der Waals surface area contributed by atoms with Crippen molar-refractivity contribution < 1.29 is 0 Å². The first-order valence-electron chi connectivity index (χ1n) is 7.28. The summed E-state index contributed by atoms with van der Waals surface area (Å²) in [6.07, 6.45) is 10.2. The summed E-state index contributed by atoms with van der Waals surface area (Å²) in [7, 11) is 0. The van der Waals surface area contributed by atoms with Crippen LogP contribution in [0.2, 0.25) is 0 Å². The van der Waals surface area contributed by atoms with Crippen LogP contribution in [-0.4, -0.2) is 6.04 Å². The predicted octanol–water partition coefficient (Wildman–Crippen LogP) is 4.30. The lowest BCUT2D eigenvalue weighted by molar-refractivity contribution is 0.268. The first-order valence-corrected chi connectivity index (χ1v) is 7.28. The fourth-order valence-corrected chi connectivity index (χ4v) is 3.00. The molecule has 0 aromatic heterocycles. The normalized spacial score (nSPS) is 18.4. The van der Waals surface area contributed by atoms with E-state index in [2.05, 4.69) is 48.3 Å². The van der Waals surface area contributed by atoms with Gasteiger partial charge in [0, 0.05) is 12.6 Å². The lowest BCUT2D eigenvalue weighted by Crippen LogP contribution is -2.36. The zero-order valence-corrected chi connectivity index (χ0v) is 11.3. The Balaban J connectivity index is 1.87. The Hall–Kier alpha value is -1.08. The Morgan fingerprint density at radius 3 is 2.56 bits per heavy atom. The molecule has 98 valence electrons. The highest BCUT2D eigenvalue weighted by molar-refractivity contribution is 5.14. The molecule has 1 aliphatic rings. The summed E-state index contributed by atoms with van der Waals surface area (Å²) < 4.78 is 0. The van der Waals surface area contributed by atoms with Crippen LogP contribution in [0, 0.1) is 5.92 Å². The third-order valence-corrected chi connectivity index (χ3v) is 4.05. The van der Waals surface area contributed by atoms with Crippen molar-refractivity contribution in [2.45, 2.75) is 51.1 Å². The average molecular weight is 243 g/mol. The zero-order valence-electron chi connectivity index (χ0n) is 11.3. The summed E-state index contributed by atoms with van der Waals surface area (Å²) >= 11 is 0. The molecule has 0 bridgehead atoms. The maximum atomic E-state index is 3.91. The molecule has 0 spiro atoms. The monoisotopic (exact) mass is 243 g/mol. The molecule has 0 heterocycles. The topological polar surface area (TPSA) is 12.0 Å². The van der Waals surface area contributed by atoms with Crippen LogP contribution in [-0.2, 0) is 6.54 Å². The fraction of sp³-hybridized carbons (Fsp3) is 0.529. The molecule has 1 aromatic carbocycles. The second-order valence-corrected chi connectivity index (χ2v) is 5.40. The highest BCUT2D eigenvalue weighted by Gasteiger charge is 2.21. The van der Waals surface area contributed by atoms with Gasteiger partial charge in [-0.15, -0.1) is 6.58 Å². The van der Waals surface area contributed by atoms with E-state index in [9.17, 15) is 0 Å². The molecule has 2 rings (SSSR count). The van der Waals surface area contributed by atoms with E-state index in [-0.39, 0.29) is 0 Å². The van der Waals surface area contributed by atoms with Gasteiger partial charge in [0.1, 0.15) is 0 Å². The minimum absolute atomic E-state index is 0.614. The lowest BCUT2D eigenvalue weighted by Gasteiger charge is -2.30. The van der Waals surface area contributed by atoms with Crippen LogP contribution < -0.4 is 5.32 Å². The molecular formula is C17H25N. The fourth-order valence-electron chi connectivity index (χ4n) is 3.00. The van der Waals surface area contributed by atoms with Crippen molar-refractivity contribution in [1.29, 1.82) is 0 Å². The van der Waals surface area contributed by atoms with Gasteiger partial charge in [-0.1, -0.05) is 55.7 Å². The summed E-state index contributed by atoms with van der Waals surface area (Å²) in [5.74, 6) is 0.848. The molecule has 1 atom stereocenters. The number of nitrogens with one attached hydrogen (secondary N) is 1. The summed E-state index contributed by atoms with van der Waals surface area (Å²) in [5.41, 5.74) is 1.38. The van der Waals surface area contributed by atoms with E-state index in [1.54, 1.807) is 0 Å². The van der Waals surface area contributed by atoms with Gasteiger partial charge in [0.15, 0.2) is 0 Å². The molecule has 0 amide bonds. The minimum Gasteiger partial charge on any atom is -0.309 e. The third kappa shape index (κ3) is 3.99. The van der Waals surface area contributed by atoms with E-state index in [0.29, 0.717) is 6.04 Å². The number of hydrogen-bond acceptors (Lipinski definition) is 1. The van der Waals surface area contributed by atoms with Gasteiger partial charge in [-0.25, -0.2) is 0 Å². The summed E-state index contributed by atoms with van der Waals surface area (Å²) in [5, 5.41) is 3.74. The number of hydrogen-bond donors (Lipinski definition) is 1. The molecule has 1 fully saturated rings. The molecule has 0 unspecified atom stereocenters. The van der Waals surface area contributed by atoms with Crippen LogP contribution in [0.1, 0.15) is 44.1 Å². The van der Waals surface area contributed by atoms with Gasteiger partial charge in [-0.05, 0) is 30.7 Å². The SMILES string of the molecule is C=CC[C@H](NCc1ccccc1)C1CCCCC1. The Morgan fingerprint density at radius 2 is 1.89 bits per heavy atom. The van der Waals surface area contributed by atoms with Crippen molar-refractivity contribution >= 4 is 0 Å². The smallest absolute Gasteiger partial charge is 0.0208 e. The number of rotatable bonds is 6. The van der Waals surface area contributed by atoms with Crippen LogP contribution in [0.15, 0.2) is 43.0 Å². The molecule has 0 aliphatic heterocycles. The molecule has 1 nitrogen and oxygen atoms in total. The Labute approximate surface area is 111 Å². The van der Waals surface area contributed by atoms with Crippen molar-refractivity contribution in [3.63, 3.8) is 0 Å². The lowest BCUT2D eigenvalue weighted by atomic mass is 9.82. The third-order valence-electron chi connectivity index (χ3n) is 4.05. The van der Waals surface area contributed by atoms with E-state index in [1.165, 1.54) is 37.7 Å². The van der Waals surface area contributed by atoms with Crippen molar-refractivity contribution in [2.24, 2.45) is 5.92 Å². The number of benzene rings is 1.